The minimum Gasteiger partial charge on any atom is -0.303 e. The molecule has 0 aromatic heterocycles. The van der Waals surface area contributed by atoms with Crippen LogP contribution < -0.4 is 0 Å². The Labute approximate surface area is 137 Å². The third-order valence-corrected chi connectivity index (χ3v) is 4.44. The first-order chi connectivity index (χ1) is 11.4. The second-order valence-electron chi connectivity index (χ2n) is 5.71. The van der Waals surface area contributed by atoms with Crippen molar-refractivity contribution in [3.63, 3.8) is 0 Å². The zero-order chi connectivity index (χ0) is 16.0. The summed E-state index contributed by atoms with van der Waals surface area (Å²) < 4.78 is 0. The van der Waals surface area contributed by atoms with E-state index in [0.29, 0.717) is 6.42 Å². The molecule has 0 aliphatic heterocycles. The van der Waals surface area contributed by atoms with Gasteiger partial charge < -0.3 is 4.79 Å². The highest BCUT2D eigenvalue weighted by molar-refractivity contribution is 5.55. The fourth-order valence-electron chi connectivity index (χ4n) is 3.38. The van der Waals surface area contributed by atoms with Gasteiger partial charge in [-0.2, -0.15) is 0 Å². The van der Waals surface area contributed by atoms with Gasteiger partial charge >= 0.3 is 0 Å². The Bertz CT molecular complexity index is 636. The van der Waals surface area contributed by atoms with Crippen LogP contribution in [0.25, 0.3) is 0 Å². The van der Waals surface area contributed by atoms with Crippen molar-refractivity contribution in [3.05, 3.63) is 108 Å². The maximum atomic E-state index is 11.1. The molecule has 0 bridgehead atoms. The van der Waals surface area contributed by atoms with Crippen LogP contribution in [0.3, 0.4) is 0 Å². The topological polar surface area (TPSA) is 17.1 Å². The van der Waals surface area contributed by atoms with Gasteiger partial charge in [0.15, 0.2) is 0 Å². The van der Waals surface area contributed by atoms with Gasteiger partial charge in [0.05, 0.1) is 0 Å². The van der Waals surface area contributed by atoms with Gasteiger partial charge in [0.1, 0.15) is 6.29 Å². The van der Waals surface area contributed by atoms with Crippen LogP contribution in [0.4, 0.5) is 0 Å². The van der Waals surface area contributed by atoms with E-state index in [-0.39, 0.29) is 5.41 Å². The lowest BCUT2D eigenvalue weighted by Gasteiger charge is -2.35. The molecule has 3 aromatic rings. The average Bonchev–Trinajstić information content (AvgIpc) is 2.65. The summed E-state index contributed by atoms with van der Waals surface area (Å²) in [6.45, 7) is 0. The molecule has 3 aromatic carbocycles. The van der Waals surface area contributed by atoms with Gasteiger partial charge in [-0.05, 0) is 23.1 Å². The molecule has 0 spiro atoms. The van der Waals surface area contributed by atoms with Crippen LogP contribution in [-0.2, 0) is 10.2 Å². The monoisotopic (exact) mass is 300 g/mol. The second kappa shape index (κ2) is 7.06. The normalized spacial score (nSPS) is 11.1. The van der Waals surface area contributed by atoms with E-state index in [0.717, 1.165) is 12.7 Å². The van der Waals surface area contributed by atoms with E-state index in [9.17, 15) is 4.79 Å². The lowest BCUT2D eigenvalue weighted by Crippen LogP contribution is -2.29. The smallest absolute Gasteiger partial charge is 0.120 e. The minimum absolute atomic E-state index is 0.301. The van der Waals surface area contributed by atoms with Crippen LogP contribution in [-0.4, -0.2) is 6.29 Å². The van der Waals surface area contributed by atoms with E-state index in [1.54, 1.807) is 0 Å². The molecular weight excluding hydrogens is 280 g/mol. The average molecular weight is 300 g/mol. The van der Waals surface area contributed by atoms with Crippen LogP contribution >= 0.6 is 0 Å². The molecule has 1 nitrogen and oxygen atoms in total. The Balaban J connectivity index is 2.27. The van der Waals surface area contributed by atoms with Crippen molar-refractivity contribution in [2.75, 3.05) is 0 Å². The Morgan fingerprint density at radius 3 is 1.26 bits per heavy atom. The van der Waals surface area contributed by atoms with Crippen LogP contribution in [0.15, 0.2) is 91.0 Å². The fraction of sp³-hybridized carbons (Fsp3) is 0.136. The highest BCUT2D eigenvalue weighted by atomic mass is 16.1. The van der Waals surface area contributed by atoms with E-state index in [1.807, 2.05) is 18.2 Å². The molecule has 0 unspecified atom stereocenters. The number of benzene rings is 3. The van der Waals surface area contributed by atoms with Crippen molar-refractivity contribution in [1.82, 2.24) is 0 Å². The molecule has 0 N–H and O–H groups in total. The Kier molecular flexibility index (Phi) is 4.68. The molecule has 0 aliphatic carbocycles. The van der Waals surface area contributed by atoms with E-state index in [2.05, 4.69) is 72.8 Å². The number of aldehydes is 1. The zero-order valence-electron chi connectivity index (χ0n) is 13.1. The third-order valence-electron chi connectivity index (χ3n) is 4.44. The highest BCUT2D eigenvalue weighted by Gasteiger charge is 2.35. The van der Waals surface area contributed by atoms with Gasteiger partial charge in [-0.3, -0.25) is 0 Å². The van der Waals surface area contributed by atoms with Crippen molar-refractivity contribution < 1.29 is 4.79 Å². The predicted molar refractivity (Wildman–Crippen MR) is 94.5 cm³/mol. The number of hydrogen-bond donors (Lipinski definition) is 0. The molecule has 1 heteroatoms. The largest absolute Gasteiger partial charge is 0.303 e. The first-order valence-electron chi connectivity index (χ1n) is 7.98. The third kappa shape index (κ3) is 2.95. The maximum Gasteiger partial charge on any atom is 0.120 e. The number of rotatable bonds is 6. The summed E-state index contributed by atoms with van der Waals surface area (Å²) in [7, 11) is 0. The van der Waals surface area contributed by atoms with Gasteiger partial charge in [0, 0.05) is 11.8 Å². The lowest BCUT2D eigenvalue weighted by molar-refractivity contribution is -0.108. The summed E-state index contributed by atoms with van der Waals surface area (Å²) in [6.07, 6.45) is 2.30. The quantitative estimate of drug-likeness (QED) is 0.462. The first-order valence-corrected chi connectivity index (χ1v) is 7.98. The molecule has 0 atom stereocenters. The summed E-state index contributed by atoms with van der Waals surface area (Å²) in [6, 6.07) is 31.4. The number of hydrogen-bond acceptors (Lipinski definition) is 1. The van der Waals surface area contributed by atoms with Crippen LogP contribution in [0.5, 0.6) is 0 Å². The van der Waals surface area contributed by atoms with Gasteiger partial charge in [0.2, 0.25) is 0 Å². The zero-order valence-corrected chi connectivity index (χ0v) is 13.1. The molecule has 0 fully saturated rings. The predicted octanol–water partition coefficient (Wildman–Crippen LogP) is 5.00. The Morgan fingerprint density at radius 1 is 0.609 bits per heavy atom. The lowest BCUT2D eigenvalue weighted by atomic mass is 9.67. The number of carbonyl (C=O) groups excluding carboxylic acids is 1. The van der Waals surface area contributed by atoms with Crippen molar-refractivity contribution in [2.24, 2.45) is 0 Å². The molecule has 0 heterocycles. The molecule has 114 valence electrons. The van der Waals surface area contributed by atoms with Gasteiger partial charge in [0.25, 0.3) is 0 Å². The molecule has 0 radical (unpaired) electrons. The van der Waals surface area contributed by atoms with Crippen molar-refractivity contribution in [3.8, 4) is 0 Å². The molecule has 0 saturated heterocycles. The summed E-state index contributed by atoms with van der Waals surface area (Å²) in [5.41, 5.74) is 3.36. The van der Waals surface area contributed by atoms with E-state index >= 15 is 0 Å². The molecule has 0 aliphatic rings. The maximum absolute atomic E-state index is 11.1. The van der Waals surface area contributed by atoms with Crippen molar-refractivity contribution in [1.29, 1.82) is 0 Å². The summed E-state index contributed by atoms with van der Waals surface area (Å²) in [5.74, 6) is 0. The molecule has 0 amide bonds. The van der Waals surface area contributed by atoms with Crippen LogP contribution in [0.1, 0.15) is 29.5 Å². The SMILES string of the molecule is O=CCCC(c1ccccc1)(c1ccccc1)c1ccccc1. The molecular formula is C22H20O. The Hall–Kier alpha value is -2.67. The summed E-state index contributed by atoms with van der Waals surface area (Å²) >= 11 is 0. The van der Waals surface area contributed by atoms with Gasteiger partial charge in [-0.25, -0.2) is 0 Å². The second-order valence-corrected chi connectivity index (χ2v) is 5.71. The first kappa shape index (κ1) is 15.2. The Morgan fingerprint density at radius 2 is 0.957 bits per heavy atom. The molecule has 23 heavy (non-hydrogen) atoms. The van der Waals surface area contributed by atoms with Gasteiger partial charge in [-0.15, -0.1) is 0 Å². The van der Waals surface area contributed by atoms with E-state index in [4.69, 9.17) is 0 Å². The fourth-order valence-corrected chi connectivity index (χ4v) is 3.38. The molecule has 3 rings (SSSR count). The van der Waals surface area contributed by atoms with E-state index in [1.165, 1.54) is 16.7 Å². The van der Waals surface area contributed by atoms with E-state index < -0.39 is 0 Å². The summed E-state index contributed by atoms with van der Waals surface area (Å²) in [4.78, 5) is 11.1. The minimum atomic E-state index is -0.301. The molecule has 0 saturated carbocycles. The van der Waals surface area contributed by atoms with Crippen molar-refractivity contribution >= 4 is 6.29 Å². The van der Waals surface area contributed by atoms with Crippen LogP contribution in [0, 0.1) is 0 Å². The van der Waals surface area contributed by atoms with Crippen molar-refractivity contribution in [2.45, 2.75) is 18.3 Å². The summed E-state index contributed by atoms with van der Waals surface area (Å²) in [5, 5.41) is 0. The standard InChI is InChI=1S/C22H20O/c23-18-10-17-22(19-11-4-1-5-12-19,20-13-6-2-7-14-20)21-15-8-3-9-16-21/h1-9,11-16,18H,10,17H2. The highest BCUT2D eigenvalue weighted by Crippen LogP contribution is 2.42. The van der Waals surface area contributed by atoms with Gasteiger partial charge in [-0.1, -0.05) is 91.0 Å². The van der Waals surface area contributed by atoms with Crippen LogP contribution in [0.2, 0.25) is 0 Å². The number of carbonyl (C=O) groups is 1.